The first kappa shape index (κ1) is 24.1. The second-order valence-electron chi connectivity index (χ2n) is 9.09. The number of benzene rings is 2. The predicted octanol–water partition coefficient (Wildman–Crippen LogP) is 6.73. The van der Waals surface area contributed by atoms with Crippen LogP contribution in [0.1, 0.15) is 70.3 Å². The highest BCUT2D eigenvalue weighted by Gasteiger charge is 2.23. The molecule has 0 radical (unpaired) electrons. The number of carbonyl (C=O) groups is 1. The number of para-hydroxylation sites is 1. The van der Waals surface area contributed by atoms with Crippen LogP contribution in [0.4, 0.5) is 10.1 Å². The van der Waals surface area contributed by atoms with E-state index < -0.39 is 5.82 Å². The summed E-state index contributed by atoms with van der Waals surface area (Å²) in [6, 6.07) is 12.3. The van der Waals surface area contributed by atoms with Crippen LogP contribution in [0.2, 0.25) is 0 Å². The zero-order valence-corrected chi connectivity index (χ0v) is 19.5. The molecule has 1 atom stereocenters. The summed E-state index contributed by atoms with van der Waals surface area (Å²) in [6.45, 7) is 2.17. The second-order valence-corrected chi connectivity index (χ2v) is 9.09. The largest absolute Gasteiger partial charge is 0.454 e. The molecule has 2 aromatic rings. The van der Waals surface area contributed by atoms with Crippen LogP contribution in [0.25, 0.3) is 0 Å². The highest BCUT2D eigenvalue weighted by molar-refractivity contribution is 5.76. The zero-order chi connectivity index (χ0) is 22.9. The van der Waals surface area contributed by atoms with E-state index in [2.05, 4.69) is 6.92 Å². The van der Waals surface area contributed by atoms with Crippen molar-refractivity contribution in [3.8, 4) is 11.5 Å². The molecule has 0 heterocycles. The van der Waals surface area contributed by atoms with Gasteiger partial charge in [0.1, 0.15) is 5.75 Å². The van der Waals surface area contributed by atoms with Gasteiger partial charge in [-0.05, 0) is 67.5 Å². The van der Waals surface area contributed by atoms with Gasteiger partial charge in [-0.1, -0.05) is 51.2 Å². The summed E-state index contributed by atoms with van der Waals surface area (Å²) in [6.07, 6.45) is 10.3. The molecule has 0 bridgehead atoms. The smallest absolute Gasteiger partial charge is 0.222 e. The topological polar surface area (TPSA) is 55.6 Å². The number of hydrogen-bond donors (Lipinski definition) is 1. The highest BCUT2D eigenvalue weighted by Crippen LogP contribution is 2.30. The molecular formula is C27H37FN2O2. The van der Waals surface area contributed by atoms with E-state index in [-0.39, 0.29) is 11.7 Å². The Balaban J connectivity index is 1.62. The number of halogens is 1. The summed E-state index contributed by atoms with van der Waals surface area (Å²) < 4.78 is 19.7. The number of nitrogens with zero attached hydrogens (tertiary/aromatic N) is 1. The minimum absolute atomic E-state index is 0.199. The van der Waals surface area contributed by atoms with E-state index in [0.29, 0.717) is 29.8 Å². The van der Waals surface area contributed by atoms with Crippen LogP contribution in [0, 0.1) is 11.7 Å². The van der Waals surface area contributed by atoms with Crippen molar-refractivity contribution in [1.29, 1.82) is 0 Å². The van der Waals surface area contributed by atoms with E-state index in [1.807, 2.05) is 24.1 Å². The van der Waals surface area contributed by atoms with Crippen LogP contribution >= 0.6 is 0 Å². The number of amides is 1. The third-order valence-electron chi connectivity index (χ3n) is 6.67. The first-order valence-corrected chi connectivity index (χ1v) is 12.0. The lowest BCUT2D eigenvalue weighted by Crippen LogP contribution is -2.38. The maximum absolute atomic E-state index is 14.0. The van der Waals surface area contributed by atoms with E-state index in [4.69, 9.17) is 10.5 Å². The van der Waals surface area contributed by atoms with Crippen molar-refractivity contribution < 1.29 is 13.9 Å². The maximum atomic E-state index is 14.0. The number of rotatable bonds is 10. The fourth-order valence-electron chi connectivity index (χ4n) is 4.72. The molecule has 32 heavy (non-hydrogen) atoms. The molecule has 3 rings (SSSR count). The van der Waals surface area contributed by atoms with E-state index in [9.17, 15) is 9.18 Å². The van der Waals surface area contributed by atoms with Crippen LogP contribution in [0.15, 0.2) is 42.5 Å². The van der Waals surface area contributed by atoms with E-state index >= 15 is 0 Å². The van der Waals surface area contributed by atoms with Crippen molar-refractivity contribution in [3.63, 3.8) is 0 Å². The molecule has 1 unspecified atom stereocenters. The molecule has 4 nitrogen and oxygen atoms in total. The second kappa shape index (κ2) is 11.9. The van der Waals surface area contributed by atoms with Gasteiger partial charge >= 0.3 is 0 Å². The lowest BCUT2D eigenvalue weighted by Gasteiger charge is -2.31. The molecular weight excluding hydrogens is 403 g/mol. The number of anilines is 1. The Hall–Kier alpha value is -2.56. The quantitative estimate of drug-likeness (QED) is 0.417. The number of nitrogen functional groups attached to an aromatic ring is 1. The summed E-state index contributed by atoms with van der Waals surface area (Å²) in [7, 11) is 1.97. The Labute approximate surface area is 191 Å². The van der Waals surface area contributed by atoms with Crippen molar-refractivity contribution in [2.45, 2.75) is 77.2 Å². The average molecular weight is 441 g/mol. The third-order valence-corrected chi connectivity index (χ3v) is 6.67. The molecule has 0 aliphatic heterocycles. The van der Waals surface area contributed by atoms with Crippen molar-refractivity contribution in [3.05, 3.63) is 53.8 Å². The third kappa shape index (κ3) is 6.72. The van der Waals surface area contributed by atoms with Gasteiger partial charge in [0.05, 0.1) is 0 Å². The maximum Gasteiger partial charge on any atom is 0.222 e. The van der Waals surface area contributed by atoms with Gasteiger partial charge in [-0.15, -0.1) is 0 Å². The first-order valence-electron chi connectivity index (χ1n) is 12.0. The average Bonchev–Trinajstić information content (AvgIpc) is 2.81. The van der Waals surface area contributed by atoms with Crippen molar-refractivity contribution in [2.24, 2.45) is 5.92 Å². The summed E-state index contributed by atoms with van der Waals surface area (Å²) in [5.74, 6) is 1.000. The van der Waals surface area contributed by atoms with E-state index in [1.165, 1.54) is 25.3 Å². The van der Waals surface area contributed by atoms with Crippen LogP contribution in [0.3, 0.4) is 0 Å². The molecule has 1 aliphatic rings. The van der Waals surface area contributed by atoms with Gasteiger partial charge in [0, 0.05) is 25.2 Å². The van der Waals surface area contributed by atoms with Crippen molar-refractivity contribution >= 4 is 11.6 Å². The predicted molar refractivity (Wildman–Crippen MR) is 128 cm³/mol. The fourth-order valence-corrected chi connectivity index (χ4v) is 4.72. The zero-order valence-electron chi connectivity index (χ0n) is 19.5. The first-order chi connectivity index (χ1) is 15.5. The minimum Gasteiger partial charge on any atom is -0.454 e. The molecule has 1 saturated carbocycles. The SMILES string of the molecule is CCCC(CCC(=O)N(C)C1CCCCC1)Cc1cc(Oc2ccccc2F)ccc1N. The Morgan fingerprint density at radius 1 is 1.16 bits per heavy atom. The monoisotopic (exact) mass is 440 g/mol. The summed E-state index contributed by atoms with van der Waals surface area (Å²) in [4.78, 5) is 14.8. The molecule has 2 aromatic carbocycles. The van der Waals surface area contributed by atoms with Gasteiger partial charge in [-0.3, -0.25) is 4.79 Å². The highest BCUT2D eigenvalue weighted by atomic mass is 19.1. The van der Waals surface area contributed by atoms with E-state index in [0.717, 1.165) is 44.1 Å². The van der Waals surface area contributed by atoms with Crippen LogP contribution in [-0.4, -0.2) is 23.9 Å². The van der Waals surface area contributed by atoms with Crippen LogP contribution < -0.4 is 10.5 Å². The fraction of sp³-hybridized carbons (Fsp3) is 0.519. The Morgan fingerprint density at radius 3 is 2.62 bits per heavy atom. The lowest BCUT2D eigenvalue weighted by molar-refractivity contribution is -0.132. The van der Waals surface area contributed by atoms with Crippen molar-refractivity contribution in [2.75, 3.05) is 12.8 Å². The summed E-state index contributed by atoms with van der Waals surface area (Å²) in [5.41, 5.74) is 7.95. The van der Waals surface area contributed by atoms with Gasteiger partial charge in [0.15, 0.2) is 11.6 Å². The molecule has 1 fully saturated rings. The molecule has 0 aromatic heterocycles. The molecule has 1 amide bonds. The molecule has 2 N–H and O–H groups in total. The summed E-state index contributed by atoms with van der Waals surface area (Å²) in [5, 5.41) is 0. The number of hydrogen-bond acceptors (Lipinski definition) is 3. The molecule has 0 saturated heterocycles. The lowest BCUT2D eigenvalue weighted by atomic mass is 9.89. The minimum atomic E-state index is -0.393. The number of ether oxygens (including phenoxy) is 1. The molecule has 0 spiro atoms. The molecule has 1 aliphatic carbocycles. The number of carbonyl (C=O) groups excluding carboxylic acids is 1. The standard InChI is InChI=1S/C27H37FN2O2/c1-3-9-20(14-17-27(31)30(2)22-10-5-4-6-11-22)18-21-19-23(15-16-25(21)29)32-26-13-8-7-12-24(26)28/h7-8,12-13,15-16,19-20,22H,3-6,9-11,14,17-18,29H2,1-2H3. The van der Waals surface area contributed by atoms with Gasteiger partial charge in [-0.25, -0.2) is 4.39 Å². The Kier molecular flexibility index (Phi) is 8.95. The number of nitrogens with two attached hydrogens (primary N) is 1. The molecule has 174 valence electrons. The van der Waals surface area contributed by atoms with Crippen molar-refractivity contribution in [1.82, 2.24) is 4.90 Å². The Morgan fingerprint density at radius 2 is 1.91 bits per heavy atom. The van der Waals surface area contributed by atoms with Crippen LogP contribution in [0.5, 0.6) is 11.5 Å². The van der Waals surface area contributed by atoms with Gasteiger partial charge < -0.3 is 15.4 Å². The normalized spacial score (nSPS) is 15.3. The summed E-state index contributed by atoms with van der Waals surface area (Å²) >= 11 is 0. The van der Waals surface area contributed by atoms with Crippen LogP contribution in [-0.2, 0) is 11.2 Å². The van der Waals surface area contributed by atoms with Gasteiger partial charge in [-0.2, -0.15) is 0 Å². The Bertz CT molecular complexity index is 880. The molecule has 5 heteroatoms. The van der Waals surface area contributed by atoms with Gasteiger partial charge in [0.25, 0.3) is 0 Å². The van der Waals surface area contributed by atoms with Gasteiger partial charge in [0.2, 0.25) is 5.91 Å². The van der Waals surface area contributed by atoms with E-state index in [1.54, 1.807) is 24.3 Å².